The van der Waals surface area contributed by atoms with Crippen molar-refractivity contribution in [2.45, 2.75) is 73.6 Å². The third-order valence-corrected chi connectivity index (χ3v) is 13.6. The molecule has 0 saturated heterocycles. The molecule has 1 aliphatic rings. The first-order chi connectivity index (χ1) is 17.2. The van der Waals surface area contributed by atoms with Crippen molar-refractivity contribution >= 4 is 31.7 Å². The van der Waals surface area contributed by atoms with E-state index in [-0.39, 0.29) is 34.9 Å². The first kappa shape index (κ1) is 26.9. The van der Waals surface area contributed by atoms with Gasteiger partial charge in [-0.15, -0.1) is 0 Å². The molecule has 0 bridgehead atoms. The number of aromatic nitrogens is 2. The Kier molecular flexibility index (Phi) is 8.57. The molecule has 0 aliphatic heterocycles. The number of carbonyl (C=O) groups excluding carboxylic acids is 1. The second-order valence-corrected chi connectivity index (χ2v) is 16.1. The maximum absolute atomic E-state index is 14.1. The Balaban J connectivity index is 1.56. The second kappa shape index (κ2) is 11.5. The Morgan fingerprint density at radius 3 is 2.75 bits per heavy atom. The van der Waals surface area contributed by atoms with Gasteiger partial charge in [0.15, 0.2) is 0 Å². The molecule has 0 fully saturated rings. The van der Waals surface area contributed by atoms with Crippen LogP contribution in [-0.2, 0) is 27.1 Å². The number of hydrogen-bond donors (Lipinski definition) is 1. The molecule has 0 saturated carbocycles. The van der Waals surface area contributed by atoms with Gasteiger partial charge in [-0.25, -0.2) is 0 Å². The van der Waals surface area contributed by atoms with Crippen LogP contribution in [0.25, 0.3) is 11.0 Å². The van der Waals surface area contributed by atoms with Crippen LogP contribution in [0.3, 0.4) is 0 Å². The minimum atomic E-state index is -1.41. The summed E-state index contributed by atoms with van der Waals surface area (Å²) in [7, 11) is 1.52. The summed E-state index contributed by atoms with van der Waals surface area (Å²) in [5, 5.41) is 1.13. The van der Waals surface area contributed by atoms with Crippen molar-refractivity contribution in [2.24, 2.45) is 5.92 Å². The van der Waals surface area contributed by atoms with Crippen LogP contribution in [0, 0.1) is 11.7 Å². The predicted octanol–water partition coefficient (Wildman–Crippen LogP) is 6.46. The summed E-state index contributed by atoms with van der Waals surface area (Å²) in [5.74, 6) is 0.767. The fourth-order valence-electron chi connectivity index (χ4n) is 5.98. The molecule has 0 spiro atoms. The number of hydrogen-bond acceptors (Lipinski definition) is 4. The van der Waals surface area contributed by atoms with Crippen LogP contribution >= 0.6 is 0 Å². The van der Waals surface area contributed by atoms with E-state index >= 15 is 0 Å². The SMILES string of the molecule is COCC(=O)OC1(C(C)[As](C)CCCc2nc3ccccc3[nH]2)CCc2cc(F)ccc2C1C(C)C. The van der Waals surface area contributed by atoms with E-state index in [0.29, 0.717) is 12.8 Å². The van der Waals surface area contributed by atoms with Crippen LogP contribution in [0.1, 0.15) is 56.5 Å². The Hall–Kier alpha value is -2.17. The number of fused-ring (bicyclic) bond motifs is 2. The number of nitrogens with one attached hydrogen (secondary N) is 1. The van der Waals surface area contributed by atoms with Gasteiger partial charge in [0, 0.05) is 0 Å². The van der Waals surface area contributed by atoms with Crippen molar-refractivity contribution in [1.29, 1.82) is 0 Å². The first-order valence-corrected chi connectivity index (χ1v) is 17.2. The number of H-pyrrole nitrogens is 1. The Morgan fingerprint density at radius 2 is 2.03 bits per heavy atom. The monoisotopic (exact) mass is 556 g/mol. The molecule has 4 atom stereocenters. The van der Waals surface area contributed by atoms with Gasteiger partial charge in [-0.05, 0) is 0 Å². The van der Waals surface area contributed by atoms with Crippen LogP contribution in [0.2, 0.25) is 15.6 Å². The van der Waals surface area contributed by atoms with E-state index in [0.717, 1.165) is 46.0 Å². The number of aryl methyl sites for hydroxylation is 2. The summed E-state index contributed by atoms with van der Waals surface area (Å²) >= 11 is -1.41. The minimum absolute atomic E-state index is 0.0184. The van der Waals surface area contributed by atoms with E-state index in [9.17, 15) is 9.18 Å². The summed E-state index contributed by atoms with van der Waals surface area (Å²) in [4.78, 5) is 21.0. The van der Waals surface area contributed by atoms with Crippen molar-refractivity contribution in [3.05, 3.63) is 65.2 Å². The molecular formula is C29H38AsFN2O3. The summed E-state index contributed by atoms with van der Waals surface area (Å²) < 4.78 is 25.9. The summed E-state index contributed by atoms with van der Waals surface area (Å²) in [6.45, 7) is 6.59. The van der Waals surface area contributed by atoms with Crippen molar-refractivity contribution in [3.63, 3.8) is 0 Å². The molecule has 4 unspecified atom stereocenters. The molecule has 2 aromatic carbocycles. The Morgan fingerprint density at radius 1 is 1.25 bits per heavy atom. The standard InChI is InChI=1S/C29H38AsFN2O3/c1-19(2)28-23-13-12-22(31)17-21(23)14-15-29(28,36-27(34)18-35-5)20(3)30(4)16-8-11-26-32-24-9-6-7-10-25(24)33-26/h6-7,9-10,12-13,17,19-20,28H,8,11,14-16,18H2,1-5H3,(H,32,33). The molecule has 0 radical (unpaired) electrons. The summed E-state index contributed by atoms with van der Waals surface area (Å²) in [6, 6.07) is 13.2. The van der Waals surface area contributed by atoms with E-state index in [2.05, 4.69) is 37.5 Å². The molecule has 3 aromatic rings. The van der Waals surface area contributed by atoms with Gasteiger partial charge in [-0.2, -0.15) is 0 Å². The third-order valence-electron chi connectivity index (χ3n) is 7.72. The van der Waals surface area contributed by atoms with Gasteiger partial charge >= 0.3 is 219 Å². The predicted molar refractivity (Wildman–Crippen MR) is 143 cm³/mol. The van der Waals surface area contributed by atoms with E-state index in [4.69, 9.17) is 14.5 Å². The van der Waals surface area contributed by atoms with E-state index < -0.39 is 20.3 Å². The fourth-order valence-corrected chi connectivity index (χ4v) is 10.5. The van der Waals surface area contributed by atoms with E-state index in [1.807, 2.05) is 24.3 Å². The number of carbonyl (C=O) groups is 1. The summed E-state index contributed by atoms with van der Waals surface area (Å²) in [5.41, 5.74) is 6.04. The van der Waals surface area contributed by atoms with Crippen molar-refractivity contribution < 1.29 is 18.7 Å². The maximum atomic E-state index is 14.1. The number of imidazole rings is 1. The van der Waals surface area contributed by atoms with Gasteiger partial charge < -0.3 is 0 Å². The number of esters is 1. The van der Waals surface area contributed by atoms with Gasteiger partial charge in [0.1, 0.15) is 0 Å². The van der Waals surface area contributed by atoms with Crippen molar-refractivity contribution in [1.82, 2.24) is 9.97 Å². The zero-order valence-electron chi connectivity index (χ0n) is 22.0. The zero-order valence-corrected chi connectivity index (χ0v) is 23.9. The first-order valence-electron chi connectivity index (χ1n) is 12.9. The second-order valence-electron chi connectivity index (χ2n) is 10.4. The Bertz CT molecular complexity index is 1160. The fraction of sp³-hybridized carbons (Fsp3) is 0.517. The molecule has 7 heteroatoms. The zero-order chi connectivity index (χ0) is 25.9. The third kappa shape index (κ3) is 5.55. The molecule has 36 heavy (non-hydrogen) atoms. The van der Waals surface area contributed by atoms with Crippen LogP contribution in [-0.4, -0.2) is 49.9 Å². The molecule has 1 N–H and O–H groups in total. The van der Waals surface area contributed by atoms with Gasteiger partial charge in [0.25, 0.3) is 0 Å². The molecule has 4 rings (SSSR count). The average Bonchev–Trinajstić information content (AvgIpc) is 3.26. The van der Waals surface area contributed by atoms with Crippen LogP contribution in [0.4, 0.5) is 4.39 Å². The number of benzene rings is 2. The van der Waals surface area contributed by atoms with E-state index in [1.54, 1.807) is 12.1 Å². The molecule has 1 aromatic heterocycles. The van der Waals surface area contributed by atoms with E-state index in [1.165, 1.54) is 7.11 Å². The van der Waals surface area contributed by atoms with Crippen LogP contribution < -0.4 is 0 Å². The quantitative estimate of drug-likeness (QED) is 0.230. The molecule has 0 amide bonds. The molecule has 194 valence electrons. The van der Waals surface area contributed by atoms with Crippen LogP contribution in [0.5, 0.6) is 0 Å². The molecular weight excluding hydrogens is 518 g/mol. The number of methoxy groups -OCH3 is 1. The number of halogens is 1. The topological polar surface area (TPSA) is 64.2 Å². The molecule has 1 aliphatic carbocycles. The number of aromatic amines is 1. The van der Waals surface area contributed by atoms with Crippen molar-refractivity contribution in [2.75, 3.05) is 13.7 Å². The number of para-hydroxylation sites is 2. The normalized spacial score (nSPS) is 21.4. The van der Waals surface area contributed by atoms with Gasteiger partial charge in [0.05, 0.1) is 0 Å². The molecule has 5 nitrogen and oxygen atoms in total. The average molecular weight is 557 g/mol. The number of rotatable bonds is 10. The van der Waals surface area contributed by atoms with Gasteiger partial charge in [0.2, 0.25) is 0 Å². The Labute approximate surface area is 218 Å². The van der Waals surface area contributed by atoms with Gasteiger partial charge in [-0.3, -0.25) is 0 Å². The van der Waals surface area contributed by atoms with Crippen LogP contribution in [0.15, 0.2) is 42.5 Å². The van der Waals surface area contributed by atoms with Crippen molar-refractivity contribution in [3.8, 4) is 0 Å². The molecule has 1 heterocycles. The van der Waals surface area contributed by atoms with Gasteiger partial charge in [-0.1, -0.05) is 0 Å². The number of ether oxygens (including phenoxy) is 2. The number of nitrogens with zero attached hydrogens (tertiary/aromatic N) is 1. The summed E-state index contributed by atoms with van der Waals surface area (Å²) in [6.07, 6.45) is 3.39.